The molecule has 3 saturated heterocycles. The lowest BCUT2D eigenvalue weighted by molar-refractivity contribution is 0.0746. The summed E-state index contributed by atoms with van der Waals surface area (Å²) in [6, 6.07) is 5.25. The van der Waals surface area contributed by atoms with Gasteiger partial charge in [0.05, 0.1) is 30.0 Å². The number of halogens is 1. The van der Waals surface area contributed by atoms with Gasteiger partial charge in [-0.25, -0.2) is 4.79 Å². The van der Waals surface area contributed by atoms with E-state index in [4.69, 9.17) is 21.1 Å². The molecule has 0 spiro atoms. The third-order valence-corrected chi connectivity index (χ3v) is 5.45. The minimum Gasteiger partial charge on any atom is -0.493 e. The van der Waals surface area contributed by atoms with Crippen molar-refractivity contribution in [3.63, 3.8) is 0 Å². The summed E-state index contributed by atoms with van der Waals surface area (Å²) in [6.07, 6.45) is 2.99. The van der Waals surface area contributed by atoms with Crippen LogP contribution in [0.1, 0.15) is 12.8 Å². The summed E-state index contributed by atoms with van der Waals surface area (Å²) >= 11 is 6.09. The van der Waals surface area contributed by atoms with Crippen molar-refractivity contribution in [3.8, 4) is 5.75 Å². The second kappa shape index (κ2) is 5.32. The molecular formula is C16H19ClN2O3. The van der Waals surface area contributed by atoms with Gasteiger partial charge in [-0.2, -0.15) is 0 Å². The maximum Gasteiger partial charge on any atom is 0.321 e. The highest BCUT2D eigenvalue weighted by Gasteiger charge is 2.53. The van der Waals surface area contributed by atoms with E-state index in [1.165, 1.54) is 0 Å². The molecule has 6 heteroatoms. The second-order valence-electron chi connectivity index (χ2n) is 6.27. The van der Waals surface area contributed by atoms with Gasteiger partial charge in [0.1, 0.15) is 0 Å². The number of urea groups is 1. The van der Waals surface area contributed by atoms with Crippen LogP contribution in [0.25, 0.3) is 0 Å². The van der Waals surface area contributed by atoms with Crippen molar-refractivity contribution < 1.29 is 14.3 Å². The molecule has 0 aromatic heterocycles. The molecule has 1 aromatic rings. The lowest BCUT2D eigenvalue weighted by Gasteiger charge is -2.20. The number of carbonyl (C=O) groups is 1. The Morgan fingerprint density at radius 2 is 2.00 bits per heavy atom. The number of likely N-dealkylation sites (tertiary alicyclic amines) is 1. The summed E-state index contributed by atoms with van der Waals surface area (Å²) in [5.74, 6) is 1.51. The summed E-state index contributed by atoms with van der Waals surface area (Å²) < 4.78 is 11.2. The number of rotatable bonds is 2. The fraction of sp³-hybridized carbons (Fsp3) is 0.562. The molecule has 3 heterocycles. The Morgan fingerprint density at radius 3 is 2.64 bits per heavy atom. The second-order valence-corrected chi connectivity index (χ2v) is 6.68. The third-order valence-electron chi connectivity index (χ3n) is 5.15. The van der Waals surface area contributed by atoms with Gasteiger partial charge < -0.3 is 19.7 Å². The number of para-hydroxylation sites is 1. The average Bonchev–Trinajstić information content (AvgIpc) is 3.20. The number of amides is 2. The number of fused-ring (bicyclic) bond motifs is 5. The van der Waals surface area contributed by atoms with Crippen molar-refractivity contribution in [2.45, 2.75) is 25.0 Å². The number of methoxy groups -OCH3 is 1. The fourth-order valence-electron chi connectivity index (χ4n) is 4.13. The van der Waals surface area contributed by atoms with Crippen LogP contribution in [0.5, 0.6) is 5.75 Å². The van der Waals surface area contributed by atoms with Crippen molar-refractivity contribution in [3.05, 3.63) is 23.2 Å². The van der Waals surface area contributed by atoms with E-state index in [-0.39, 0.29) is 6.03 Å². The fourth-order valence-corrected chi connectivity index (χ4v) is 4.39. The highest BCUT2D eigenvalue weighted by Crippen LogP contribution is 2.47. The van der Waals surface area contributed by atoms with E-state index in [9.17, 15) is 4.79 Å². The molecule has 2 bridgehead atoms. The molecular weight excluding hydrogens is 304 g/mol. The molecule has 3 aliphatic rings. The number of ether oxygens (including phenoxy) is 2. The van der Waals surface area contributed by atoms with E-state index in [1.54, 1.807) is 25.3 Å². The lowest BCUT2D eigenvalue weighted by atomic mass is 9.82. The first-order valence-electron chi connectivity index (χ1n) is 7.71. The number of hydrogen-bond donors (Lipinski definition) is 1. The zero-order chi connectivity index (χ0) is 15.3. The van der Waals surface area contributed by atoms with Gasteiger partial charge >= 0.3 is 6.03 Å². The smallest absolute Gasteiger partial charge is 0.321 e. The Kier molecular flexibility index (Phi) is 3.42. The molecule has 4 atom stereocenters. The number of carbonyl (C=O) groups excluding carboxylic acids is 1. The van der Waals surface area contributed by atoms with E-state index in [0.717, 1.165) is 25.9 Å². The van der Waals surface area contributed by atoms with E-state index in [1.807, 2.05) is 4.90 Å². The summed E-state index contributed by atoms with van der Waals surface area (Å²) in [5.41, 5.74) is 0.608. The van der Waals surface area contributed by atoms with Crippen LogP contribution in [-0.4, -0.2) is 43.3 Å². The number of benzene rings is 1. The summed E-state index contributed by atoms with van der Waals surface area (Å²) in [5, 5.41) is 3.41. The quantitative estimate of drug-likeness (QED) is 0.910. The molecule has 4 rings (SSSR count). The first kappa shape index (κ1) is 14.2. The highest BCUT2D eigenvalue weighted by molar-refractivity contribution is 6.32. The molecule has 3 fully saturated rings. The Morgan fingerprint density at radius 1 is 1.32 bits per heavy atom. The standard InChI is InChI=1S/C16H19ClN2O3/c1-21-15-11(17)3-2-4-12(15)18-16(20)19-7-9-10(8-19)14-6-5-13(9)22-14/h2-4,9-10,13-14H,5-8H2,1H3,(H,18,20). The molecule has 4 unspecified atom stereocenters. The highest BCUT2D eigenvalue weighted by atomic mass is 35.5. The van der Waals surface area contributed by atoms with E-state index >= 15 is 0 Å². The minimum atomic E-state index is -0.0885. The molecule has 5 nitrogen and oxygen atoms in total. The average molecular weight is 323 g/mol. The van der Waals surface area contributed by atoms with Crippen LogP contribution in [0, 0.1) is 11.8 Å². The largest absolute Gasteiger partial charge is 0.493 e. The van der Waals surface area contributed by atoms with Crippen LogP contribution < -0.4 is 10.1 Å². The molecule has 0 radical (unpaired) electrons. The Balaban J connectivity index is 1.47. The number of nitrogens with zero attached hydrogens (tertiary/aromatic N) is 1. The first-order chi connectivity index (χ1) is 10.7. The van der Waals surface area contributed by atoms with Crippen LogP contribution in [0.4, 0.5) is 10.5 Å². The van der Waals surface area contributed by atoms with Crippen molar-refractivity contribution in [2.75, 3.05) is 25.5 Å². The topological polar surface area (TPSA) is 50.8 Å². The third kappa shape index (κ3) is 2.15. The van der Waals surface area contributed by atoms with Crippen LogP contribution in [0.2, 0.25) is 5.02 Å². The monoisotopic (exact) mass is 322 g/mol. The number of hydrogen-bond acceptors (Lipinski definition) is 3. The molecule has 2 amide bonds. The van der Waals surface area contributed by atoms with Crippen LogP contribution >= 0.6 is 11.6 Å². The molecule has 3 aliphatic heterocycles. The number of nitrogens with one attached hydrogen (secondary N) is 1. The maximum absolute atomic E-state index is 12.5. The van der Waals surface area contributed by atoms with Gasteiger partial charge in [-0.1, -0.05) is 17.7 Å². The van der Waals surface area contributed by atoms with Gasteiger partial charge in [-0.15, -0.1) is 0 Å². The van der Waals surface area contributed by atoms with Crippen LogP contribution in [0.3, 0.4) is 0 Å². The normalized spacial score (nSPS) is 32.2. The Hall–Kier alpha value is -1.46. The number of anilines is 1. The SMILES string of the molecule is COc1c(Cl)cccc1NC(=O)N1CC2C3CCC(O3)C2C1. The van der Waals surface area contributed by atoms with Gasteiger partial charge in [0, 0.05) is 24.9 Å². The predicted octanol–water partition coefficient (Wildman–Crippen LogP) is 2.99. The Bertz CT molecular complexity index is 591. The molecule has 0 aliphatic carbocycles. The predicted molar refractivity (Wildman–Crippen MR) is 83.5 cm³/mol. The molecule has 0 saturated carbocycles. The van der Waals surface area contributed by atoms with Gasteiger partial charge in [0.2, 0.25) is 0 Å². The molecule has 1 N–H and O–H groups in total. The molecule has 1 aromatic carbocycles. The van der Waals surface area contributed by atoms with E-state index < -0.39 is 0 Å². The summed E-state index contributed by atoms with van der Waals surface area (Å²) in [6.45, 7) is 1.56. The molecule has 118 valence electrons. The zero-order valence-corrected chi connectivity index (χ0v) is 13.2. The van der Waals surface area contributed by atoms with Crippen LogP contribution in [-0.2, 0) is 4.74 Å². The zero-order valence-electron chi connectivity index (χ0n) is 12.4. The Labute approximate surface area is 134 Å². The van der Waals surface area contributed by atoms with Crippen molar-refractivity contribution in [1.29, 1.82) is 0 Å². The molecule has 22 heavy (non-hydrogen) atoms. The van der Waals surface area contributed by atoms with Gasteiger partial charge in [-0.05, 0) is 25.0 Å². The maximum atomic E-state index is 12.5. The van der Waals surface area contributed by atoms with Gasteiger partial charge in [0.15, 0.2) is 5.75 Å². The van der Waals surface area contributed by atoms with Gasteiger partial charge in [0.25, 0.3) is 0 Å². The van der Waals surface area contributed by atoms with Crippen molar-refractivity contribution in [1.82, 2.24) is 4.90 Å². The summed E-state index contributed by atoms with van der Waals surface area (Å²) in [7, 11) is 1.55. The summed E-state index contributed by atoms with van der Waals surface area (Å²) in [4.78, 5) is 14.4. The van der Waals surface area contributed by atoms with Crippen LogP contribution in [0.15, 0.2) is 18.2 Å². The van der Waals surface area contributed by atoms with E-state index in [0.29, 0.717) is 40.5 Å². The van der Waals surface area contributed by atoms with Gasteiger partial charge in [-0.3, -0.25) is 0 Å². The van der Waals surface area contributed by atoms with Crippen molar-refractivity contribution in [2.24, 2.45) is 11.8 Å². The van der Waals surface area contributed by atoms with E-state index in [2.05, 4.69) is 5.32 Å². The van der Waals surface area contributed by atoms with Crippen molar-refractivity contribution >= 4 is 23.3 Å². The minimum absolute atomic E-state index is 0.0885. The first-order valence-corrected chi connectivity index (χ1v) is 8.09. The lowest BCUT2D eigenvalue weighted by Crippen LogP contribution is -2.35.